The first-order chi connectivity index (χ1) is 9.06. The molecule has 98 valence electrons. The Morgan fingerprint density at radius 1 is 1.37 bits per heavy atom. The van der Waals surface area contributed by atoms with Gasteiger partial charge in [-0.3, -0.25) is 0 Å². The van der Waals surface area contributed by atoms with Crippen LogP contribution in [0.4, 0.5) is 4.39 Å². The van der Waals surface area contributed by atoms with Gasteiger partial charge in [-0.05, 0) is 37.5 Å². The average Bonchev–Trinajstić information content (AvgIpc) is 2.86. The monoisotopic (exact) mass is 280 g/mol. The summed E-state index contributed by atoms with van der Waals surface area (Å²) in [4.78, 5) is 11.2. The normalized spacial score (nSPS) is 13.6. The molecule has 0 unspecified atom stereocenters. The fourth-order valence-electron chi connectivity index (χ4n) is 2.48. The number of aromatic carboxylic acids is 1. The molecule has 0 aliphatic heterocycles. The number of nitrogens with zero attached hydrogens (tertiary/aromatic N) is 2. The summed E-state index contributed by atoms with van der Waals surface area (Å²) in [6.45, 7) is 0. The van der Waals surface area contributed by atoms with Gasteiger partial charge >= 0.3 is 5.97 Å². The molecule has 0 fully saturated rings. The van der Waals surface area contributed by atoms with Gasteiger partial charge in [0.05, 0.1) is 5.69 Å². The Balaban J connectivity index is 2.20. The van der Waals surface area contributed by atoms with Crippen LogP contribution in [0.2, 0.25) is 5.02 Å². The standard InChI is InChI=1S/C13H10ClFN2O2/c14-7-4-8(15)6-9(5-7)17-11-3-1-2-10(11)12(16-17)13(18)19/h4-6H,1-3H2,(H,18,19). The van der Waals surface area contributed by atoms with E-state index in [0.717, 1.165) is 24.1 Å². The van der Waals surface area contributed by atoms with E-state index in [1.807, 2.05) is 0 Å². The zero-order valence-electron chi connectivity index (χ0n) is 9.86. The summed E-state index contributed by atoms with van der Waals surface area (Å²) in [7, 11) is 0. The number of hydrogen-bond donors (Lipinski definition) is 1. The number of fused-ring (bicyclic) bond motifs is 1. The molecule has 0 bridgehead atoms. The molecule has 6 heteroatoms. The van der Waals surface area contributed by atoms with Crippen molar-refractivity contribution in [1.29, 1.82) is 0 Å². The van der Waals surface area contributed by atoms with Crippen molar-refractivity contribution in [2.45, 2.75) is 19.3 Å². The van der Waals surface area contributed by atoms with E-state index in [1.165, 1.54) is 16.8 Å². The van der Waals surface area contributed by atoms with Crippen molar-refractivity contribution in [2.75, 3.05) is 0 Å². The molecule has 0 amide bonds. The van der Waals surface area contributed by atoms with Crippen molar-refractivity contribution in [3.8, 4) is 5.69 Å². The van der Waals surface area contributed by atoms with E-state index < -0.39 is 11.8 Å². The maximum Gasteiger partial charge on any atom is 0.356 e. The summed E-state index contributed by atoms with van der Waals surface area (Å²) >= 11 is 5.82. The van der Waals surface area contributed by atoms with E-state index in [-0.39, 0.29) is 10.7 Å². The van der Waals surface area contributed by atoms with Gasteiger partial charge in [-0.2, -0.15) is 5.10 Å². The van der Waals surface area contributed by atoms with Gasteiger partial charge in [0.25, 0.3) is 0 Å². The third-order valence-electron chi connectivity index (χ3n) is 3.22. The van der Waals surface area contributed by atoms with Crippen molar-refractivity contribution in [3.05, 3.63) is 46.0 Å². The minimum atomic E-state index is -1.06. The minimum Gasteiger partial charge on any atom is -0.476 e. The second-order valence-electron chi connectivity index (χ2n) is 4.47. The topological polar surface area (TPSA) is 55.1 Å². The third kappa shape index (κ3) is 2.00. The number of carboxylic acid groups (broad SMARTS) is 1. The van der Waals surface area contributed by atoms with Gasteiger partial charge in [0.2, 0.25) is 0 Å². The van der Waals surface area contributed by atoms with E-state index in [0.29, 0.717) is 12.1 Å². The Kier molecular flexibility index (Phi) is 2.78. The van der Waals surface area contributed by atoms with Gasteiger partial charge in [-0.1, -0.05) is 11.6 Å². The molecule has 4 nitrogen and oxygen atoms in total. The Hall–Kier alpha value is -1.88. The van der Waals surface area contributed by atoms with Crippen molar-refractivity contribution >= 4 is 17.6 Å². The third-order valence-corrected chi connectivity index (χ3v) is 3.44. The first kappa shape index (κ1) is 12.2. The summed E-state index contributed by atoms with van der Waals surface area (Å²) in [6.07, 6.45) is 2.32. The lowest BCUT2D eigenvalue weighted by Crippen LogP contribution is -2.04. The quantitative estimate of drug-likeness (QED) is 0.920. The summed E-state index contributed by atoms with van der Waals surface area (Å²) in [6, 6.07) is 4.07. The van der Waals surface area contributed by atoms with Crippen molar-refractivity contribution < 1.29 is 14.3 Å². The number of rotatable bonds is 2. The van der Waals surface area contributed by atoms with Crippen LogP contribution >= 0.6 is 11.6 Å². The van der Waals surface area contributed by atoms with Crippen LogP contribution in [0.15, 0.2) is 18.2 Å². The van der Waals surface area contributed by atoms with Crippen LogP contribution in [0.25, 0.3) is 5.69 Å². The van der Waals surface area contributed by atoms with Crippen LogP contribution in [0.3, 0.4) is 0 Å². The molecule has 2 aromatic rings. The van der Waals surface area contributed by atoms with E-state index >= 15 is 0 Å². The molecule has 3 rings (SSSR count). The zero-order chi connectivity index (χ0) is 13.6. The maximum absolute atomic E-state index is 13.4. The van der Waals surface area contributed by atoms with Crippen molar-refractivity contribution in [2.24, 2.45) is 0 Å². The van der Waals surface area contributed by atoms with Crippen LogP contribution in [0, 0.1) is 5.82 Å². The predicted octanol–water partition coefficient (Wildman–Crippen LogP) is 2.85. The number of hydrogen-bond acceptors (Lipinski definition) is 2. The van der Waals surface area contributed by atoms with E-state index in [4.69, 9.17) is 16.7 Å². The number of aromatic nitrogens is 2. The molecule has 0 saturated carbocycles. The summed E-state index contributed by atoms with van der Waals surface area (Å²) in [5, 5.41) is 13.5. The average molecular weight is 281 g/mol. The lowest BCUT2D eigenvalue weighted by Gasteiger charge is -2.06. The summed E-state index contributed by atoms with van der Waals surface area (Å²) < 4.78 is 14.9. The lowest BCUT2D eigenvalue weighted by molar-refractivity contribution is 0.0689. The molecule has 19 heavy (non-hydrogen) atoms. The summed E-state index contributed by atoms with van der Waals surface area (Å²) in [5.41, 5.74) is 2.08. The molecule has 1 aromatic heterocycles. The Bertz CT molecular complexity index is 661. The van der Waals surface area contributed by atoms with Crippen LogP contribution in [0.1, 0.15) is 28.2 Å². The Morgan fingerprint density at radius 2 is 2.16 bits per heavy atom. The lowest BCUT2D eigenvalue weighted by atomic mass is 10.2. The fourth-order valence-corrected chi connectivity index (χ4v) is 2.70. The fraction of sp³-hybridized carbons (Fsp3) is 0.231. The highest BCUT2D eigenvalue weighted by Crippen LogP contribution is 2.28. The number of halogens is 2. The number of carbonyl (C=O) groups is 1. The van der Waals surface area contributed by atoms with Gasteiger partial charge in [0.1, 0.15) is 5.82 Å². The highest BCUT2D eigenvalue weighted by Gasteiger charge is 2.26. The van der Waals surface area contributed by atoms with Crippen LogP contribution in [-0.4, -0.2) is 20.9 Å². The molecular weight excluding hydrogens is 271 g/mol. The smallest absolute Gasteiger partial charge is 0.356 e. The van der Waals surface area contributed by atoms with E-state index in [2.05, 4.69) is 5.10 Å². The first-order valence-corrected chi connectivity index (χ1v) is 6.24. The van der Waals surface area contributed by atoms with Crippen LogP contribution < -0.4 is 0 Å². The largest absolute Gasteiger partial charge is 0.476 e. The van der Waals surface area contributed by atoms with Crippen LogP contribution in [-0.2, 0) is 12.8 Å². The molecule has 1 N–H and O–H groups in total. The minimum absolute atomic E-state index is 0.0490. The molecule has 1 aromatic carbocycles. The molecule has 1 aliphatic carbocycles. The maximum atomic E-state index is 13.4. The molecule has 0 spiro atoms. The molecule has 0 atom stereocenters. The molecule has 1 aliphatic rings. The molecule has 0 saturated heterocycles. The number of benzene rings is 1. The second kappa shape index (κ2) is 4.35. The van der Waals surface area contributed by atoms with E-state index in [9.17, 15) is 9.18 Å². The summed E-state index contributed by atoms with van der Waals surface area (Å²) in [5.74, 6) is -1.53. The SMILES string of the molecule is O=C(O)c1nn(-c2cc(F)cc(Cl)c2)c2c1CCC2. The van der Waals surface area contributed by atoms with Gasteiger partial charge in [0, 0.05) is 16.3 Å². The predicted molar refractivity (Wildman–Crippen MR) is 67.5 cm³/mol. The molecule has 0 radical (unpaired) electrons. The van der Waals surface area contributed by atoms with Gasteiger partial charge in [0.15, 0.2) is 5.69 Å². The highest BCUT2D eigenvalue weighted by atomic mass is 35.5. The Morgan fingerprint density at radius 3 is 2.84 bits per heavy atom. The van der Waals surface area contributed by atoms with Gasteiger partial charge in [-0.25, -0.2) is 13.9 Å². The Labute approximate surface area is 113 Å². The zero-order valence-corrected chi connectivity index (χ0v) is 10.6. The molecular formula is C13H10ClFN2O2. The second-order valence-corrected chi connectivity index (χ2v) is 4.91. The van der Waals surface area contributed by atoms with Crippen molar-refractivity contribution in [3.63, 3.8) is 0 Å². The molecule has 1 heterocycles. The first-order valence-electron chi connectivity index (χ1n) is 5.87. The van der Waals surface area contributed by atoms with Crippen molar-refractivity contribution in [1.82, 2.24) is 9.78 Å². The van der Waals surface area contributed by atoms with Gasteiger partial charge in [-0.15, -0.1) is 0 Å². The van der Waals surface area contributed by atoms with E-state index in [1.54, 1.807) is 6.07 Å². The highest BCUT2D eigenvalue weighted by molar-refractivity contribution is 6.30. The van der Waals surface area contributed by atoms with Crippen LogP contribution in [0.5, 0.6) is 0 Å². The van der Waals surface area contributed by atoms with Gasteiger partial charge < -0.3 is 5.11 Å². The number of carboxylic acids is 1.